The molecule has 1 heterocycles. The number of halogens is 1. The first kappa shape index (κ1) is 13.1. The van der Waals surface area contributed by atoms with Crippen LogP contribution in [-0.4, -0.2) is 10.1 Å². The zero-order valence-corrected chi connectivity index (χ0v) is 12.8. The van der Waals surface area contributed by atoms with Crippen LogP contribution < -0.4 is 5.32 Å². The van der Waals surface area contributed by atoms with Gasteiger partial charge in [-0.3, -0.25) is 0 Å². The van der Waals surface area contributed by atoms with E-state index in [-0.39, 0.29) is 5.75 Å². The molecule has 0 saturated carbocycles. The Morgan fingerprint density at radius 3 is 2.65 bits per heavy atom. The molecule has 0 bridgehead atoms. The van der Waals surface area contributed by atoms with Crippen LogP contribution in [0.4, 0.5) is 10.8 Å². The fraction of sp³-hybridized carbons (Fsp3) is 0. The number of hydrogen-bond acceptors (Lipinski definition) is 4. The minimum absolute atomic E-state index is 0.236. The maximum atomic E-state index is 9.44. The molecule has 100 valence electrons. The molecule has 0 unspecified atom stereocenters. The number of hydrogen-bond donors (Lipinski definition) is 2. The number of benzene rings is 2. The van der Waals surface area contributed by atoms with Crippen molar-refractivity contribution in [2.75, 3.05) is 5.32 Å². The molecular weight excluding hydrogens is 336 g/mol. The van der Waals surface area contributed by atoms with Crippen LogP contribution in [0.5, 0.6) is 5.75 Å². The molecule has 0 aliphatic rings. The molecule has 0 amide bonds. The van der Waals surface area contributed by atoms with Crippen molar-refractivity contribution in [3.05, 3.63) is 58.4 Å². The summed E-state index contributed by atoms with van der Waals surface area (Å²) >= 11 is 4.95. The average molecular weight is 347 g/mol. The summed E-state index contributed by atoms with van der Waals surface area (Å²) in [4.78, 5) is 4.55. The van der Waals surface area contributed by atoms with E-state index in [9.17, 15) is 5.11 Å². The van der Waals surface area contributed by atoms with Crippen molar-refractivity contribution in [3.63, 3.8) is 0 Å². The maximum Gasteiger partial charge on any atom is 0.187 e. The zero-order valence-electron chi connectivity index (χ0n) is 10.4. The highest BCUT2D eigenvalue weighted by Gasteiger charge is 2.05. The summed E-state index contributed by atoms with van der Waals surface area (Å²) in [5.41, 5.74) is 2.83. The van der Waals surface area contributed by atoms with Gasteiger partial charge in [0.25, 0.3) is 0 Å². The molecule has 5 heteroatoms. The SMILES string of the molecule is Oc1cccc(Nc2nc(-c3ccc(Br)cc3)cs2)c1. The van der Waals surface area contributed by atoms with Gasteiger partial charge in [0, 0.05) is 27.2 Å². The summed E-state index contributed by atoms with van der Waals surface area (Å²) in [6, 6.07) is 15.0. The first-order valence-corrected chi connectivity index (χ1v) is 7.65. The number of aromatic hydroxyl groups is 1. The van der Waals surface area contributed by atoms with E-state index in [0.717, 1.165) is 26.5 Å². The quantitative estimate of drug-likeness (QED) is 0.699. The third kappa shape index (κ3) is 3.00. The van der Waals surface area contributed by atoms with Gasteiger partial charge in [0.2, 0.25) is 0 Å². The number of phenols is 1. The van der Waals surface area contributed by atoms with Crippen molar-refractivity contribution in [2.24, 2.45) is 0 Å². The molecule has 3 nitrogen and oxygen atoms in total. The van der Waals surface area contributed by atoms with Crippen molar-refractivity contribution < 1.29 is 5.11 Å². The minimum Gasteiger partial charge on any atom is -0.508 e. The van der Waals surface area contributed by atoms with E-state index in [1.165, 1.54) is 11.3 Å². The van der Waals surface area contributed by atoms with Gasteiger partial charge >= 0.3 is 0 Å². The molecular formula is C15H11BrN2OS. The van der Waals surface area contributed by atoms with Gasteiger partial charge in [-0.25, -0.2) is 4.98 Å². The molecule has 2 N–H and O–H groups in total. The summed E-state index contributed by atoms with van der Waals surface area (Å²) in [7, 11) is 0. The van der Waals surface area contributed by atoms with Gasteiger partial charge < -0.3 is 10.4 Å². The lowest BCUT2D eigenvalue weighted by molar-refractivity contribution is 0.475. The van der Waals surface area contributed by atoms with Crippen molar-refractivity contribution in [2.45, 2.75) is 0 Å². The topological polar surface area (TPSA) is 45.1 Å². The number of nitrogens with zero attached hydrogens (tertiary/aromatic N) is 1. The Balaban J connectivity index is 1.82. The third-order valence-electron chi connectivity index (χ3n) is 2.74. The van der Waals surface area contributed by atoms with E-state index in [4.69, 9.17) is 0 Å². The van der Waals surface area contributed by atoms with E-state index < -0.39 is 0 Å². The van der Waals surface area contributed by atoms with E-state index in [2.05, 4.69) is 26.2 Å². The van der Waals surface area contributed by atoms with Gasteiger partial charge in [0.15, 0.2) is 5.13 Å². The number of thiazole rings is 1. The molecule has 0 radical (unpaired) electrons. The second kappa shape index (κ2) is 5.64. The van der Waals surface area contributed by atoms with E-state index in [0.29, 0.717) is 0 Å². The summed E-state index contributed by atoms with van der Waals surface area (Å²) in [6.07, 6.45) is 0. The molecule has 0 fully saturated rings. The Hall–Kier alpha value is -1.85. The van der Waals surface area contributed by atoms with Crippen LogP contribution in [0.3, 0.4) is 0 Å². The molecule has 3 rings (SSSR count). The fourth-order valence-electron chi connectivity index (χ4n) is 1.79. The number of aromatic nitrogens is 1. The van der Waals surface area contributed by atoms with Crippen LogP contribution in [0, 0.1) is 0 Å². The predicted molar refractivity (Wildman–Crippen MR) is 86.6 cm³/mol. The number of nitrogens with one attached hydrogen (secondary N) is 1. The second-order valence-electron chi connectivity index (χ2n) is 4.22. The molecule has 0 saturated heterocycles. The minimum atomic E-state index is 0.236. The van der Waals surface area contributed by atoms with Gasteiger partial charge in [-0.15, -0.1) is 11.3 Å². The van der Waals surface area contributed by atoms with Crippen molar-refractivity contribution >= 4 is 38.1 Å². The number of anilines is 2. The first-order chi connectivity index (χ1) is 9.70. The predicted octanol–water partition coefficient (Wildman–Crippen LogP) is 5.02. The van der Waals surface area contributed by atoms with Gasteiger partial charge in [-0.2, -0.15) is 0 Å². The largest absolute Gasteiger partial charge is 0.508 e. The molecule has 0 aliphatic heterocycles. The second-order valence-corrected chi connectivity index (χ2v) is 5.99. The van der Waals surface area contributed by atoms with Crippen molar-refractivity contribution in [1.82, 2.24) is 4.98 Å². The normalized spacial score (nSPS) is 10.4. The summed E-state index contributed by atoms with van der Waals surface area (Å²) < 4.78 is 1.05. The molecule has 0 spiro atoms. The molecule has 2 aromatic carbocycles. The van der Waals surface area contributed by atoms with Gasteiger partial charge in [-0.1, -0.05) is 34.1 Å². The Morgan fingerprint density at radius 1 is 1.10 bits per heavy atom. The highest BCUT2D eigenvalue weighted by atomic mass is 79.9. The number of phenolic OH excluding ortho intramolecular Hbond substituents is 1. The van der Waals surface area contributed by atoms with Gasteiger partial charge in [-0.05, 0) is 24.3 Å². The van der Waals surface area contributed by atoms with E-state index in [1.54, 1.807) is 18.2 Å². The fourth-order valence-corrected chi connectivity index (χ4v) is 2.80. The van der Waals surface area contributed by atoms with Crippen LogP contribution in [0.25, 0.3) is 11.3 Å². The van der Waals surface area contributed by atoms with Crippen LogP contribution in [0.15, 0.2) is 58.4 Å². The van der Waals surface area contributed by atoms with Crippen LogP contribution in [0.2, 0.25) is 0 Å². The smallest absolute Gasteiger partial charge is 0.187 e. The third-order valence-corrected chi connectivity index (χ3v) is 4.03. The highest BCUT2D eigenvalue weighted by molar-refractivity contribution is 9.10. The Kier molecular flexibility index (Phi) is 3.71. The Labute approximate surface area is 129 Å². The molecule has 0 aliphatic carbocycles. The van der Waals surface area contributed by atoms with Crippen molar-refractivity contribution in [1.29, 1.82) is 0 Å². The molecule has 3 aromatic rings. The Morgan fingerprint density at radius 2 is 1.90 bits per heavy atom. The van der Waals surface area contributed by atoms with Crippen LogP contribution in [-0.2, 0) is 0 Å². The van der Waals surface area contributed by atoms with Gasteiger partial charge in [0.05, 0.1) is 5.69 Å². The Bertz CT molecular complexity index is 725. The maximum absolute atomic E-state index is 9.44. The molecule has 1 aromatic heterocycles. The average Bonchev–Trinajstić information content (AvgIpc) is 2.88. The summed E-state index contributed by atoms with van der Waals surface area (Å²) in [6.45, 7) is 0. The van der Waals surface area contributed by atoms with E-state index in [1.807, 2.05) is 35.7 Å². The first-order valence-electron chi connectivity index (χ1n) is 5.98. The lowest BCUT2D eigenvalue weighted by atomic mass is 10.2. The molecule has 0 atom stereocenters. The van der Waals surface area contributed by atoms with Crippen molar-refractivity contribution in [3.8, 4) is 17.0 Å². The summed E-state index contributed by atoms with van der Waals surface area (Å²) in [5.74, 6) is 0.236. The lowest BCUT2D eigenvalue weighted by Crippen LogP contribution is -1.89. The highest BCUT2D eigenvalue weighted by Crippen LogP contribution is 2.28. The number of rotatable bonds is 3. The molecule has 20 heavy (non-hydrogen) atoms. The summed E-state index contributed by atoms with van der Waals surface area (Å²) in [5, 5.41) is 15.4. The zero-order chi connectivity index (χ0) is 13.9. The standard InChI is InChI=1S/C15H11BrN2OS/c16-11-6-4-10(5-7-11)14-9-20-15(18-14)17-12-2-1-3-13(19)8-12/h1-9,19H,(H,17,18). The van der Waals surface area contributed by atoms with E-state index >= 15 is 0 Å². The van der Waals surface area contributed by atoms with Crippen LogP contribution >= 0.6 is 27.3 Å². The lowest BCUT2D eigenvalue weighted by Gasteiger charge is -2.02. The monoisotopic (exact) mass is 346 g/mol. The van der Waals surface area contributed by atoms with Crippen LogP contribution in [0.1, 0.15) is 0 Å². The van der Waals surface area contributed by atoms with Gasteiger partial charge in [0.1, 0.15) is 5.75 Å².